The van der Waals surface area contributed by atoms with Gasteiger partial charge in [-0.05, 0) is 30.9 Å². The minimum absolute atomic E-state index is 0.731. The Hall–Kier alpha value is -1.77. The van der Waals surface area contributed by atoms with Gasteiger partial charge in [0.05, 0.1) is 18.3 Å². The summed E-state index contributed by atoms with van der Waals surface area (Å²) < 4.78 is 7.49. The maximum Gasteiger partial charge on any atom is 0.166 e. The molecule has 0 amide bonds. The Bertz CT molecular complexity index is 567. The van der Waals surface area contributed by atoms with E-state index in [2.05, 4.69) is 4.57 Å². The molecule has 1 aromatic heterocycles. The fraction of sp³-hybridized carbons (Fsp3) is 0.357. The minimum Gasteiger partial charge on any atom is -0.495 e. The number of rotatable bonds is 4. The lowest BCUT2D eigenvalue weighted by Gasteiger charge is -2.09. The highest BCUT2D eigenvalue weighted by Gasteiger charge is 2.24. The number of methoxy groups -OCH3 is 1. The lowest BCUT2D eigenvalue weighted by Crippen LogP contribution is -2.04. The number of fused-ring (bicyclic) bond motifs is 1. The van der Waals surface area contributed by atoms with Gasteiger partial charge < -0.3 is 9.30 Å². The standard InChI is InChI=1S/C14H15NO2/c1-17-13-4-2-3-11-7-12(9-16)15(14(11)13)8-10-5-6-10/h2-4,7,9-10H,5-6,8H2,1H3. The number of aldehydes is 1. The van der Waals surface area contributed by atoms with Crippen LogP contribution in [0.4, 0.5) is 0 Å². The van der Waals surface area contributed by atoms with Crippen molar-refractivity contribution in [3.8, 4) is 5.75 Å². The number of carbonyl (C=O) groups is 1. The molecule has 0 unspecified atom stereocenters. The third-order valence-electron chi connectivity index (χ3n) is 3.39. The molecule has 3 nitrogen and oxygen atoms in total. The van der Waals surface area contributed by atoms with Crippen molar-refractivity contribution in [1.82, 2.24) is 4.57 Å². The van der Waals surface area contributed by atoms with E-state index in [1.165, 1.54) is 12.8 Å². The molecule has 17 heavy (non-hydrogen) atoms. The van der Waals surface area contributed by atoms with E-state index in [0.29, 0.717) is 0 Å². The number of nitrogens with zero attached hydrogens (tertiary/aromatic N) is 1. The highest BCUT2D eigenvalue weighted by atomic mass is 16.5. The van der Waals surface area contributed by atoms with Gasteiger partial charge in [0.15, 0.2) is 6.29 Å². The molecule has 0 atom stereocenters. The van der Waals surface area contributed by atoms with Crippen LogP contribution >= 0.6 is 0 Å². The summed E-state index contributed by atoms with van der Waals surface area (Å²) in [5.74, 6) is 1.57. The van der Waals surface area contributed by atoms with Gasteiger partial charge in [0.1, 0.15) is 5.75 Å². The predicted octanol–water partition coefficient (Wildman–Crippen LogP) is 2.87. The molecule has 0 spiro atoms. The highest BCUT2D eigenvalue weighted by molar-refractivity contribution is 5.92. The molecule has 0 saturated heterocycles. The number of hydrogen-bond donors (Lipinski definition) is 0. The van der Waals surface area contributed by atoms with Crippen LogP contribution < -0.4 is 4.74 Å². The molecule has 3 rings (SSSR count). The molecule has 1 aliphatic rings. The summed E-state index contributed by atoms with van der Waals surface area (Å²) in [5, 5.41) is 1.08. The van der Waals surface area contributed by atoms with Crippen LogP contribution in [0.1, 0.15) is 23.3 Å². The zero-order chi connectivity index (χ0) is 11.8. The van der Waals surface area contributed by atoms with Crippen molar-refractivity contribution in [2.75, 3.05) is 7.11 Å². The molecule has 0 N–H and O–H groups in total. The van der Waals surface area contributed by atoms with Crippen molar-refractivity contribution in [2.24, 2.45) is 5.92 Å². The molecule has 1 fully saturated rings. The summed E-state index contributed by atoms with van der Waals surface area (Å²) in [5.41, 5.74) is 1.79. The molecule has 88 valence electrons. The molecule has 1 aromatic carbocycles. The fourth-order valence-electron chi connectivity index (χ4n) is 2.33. The lowest BCUT2D eigenvalue weighted by molar-refractivity contribution is 0.111. The normalized spacial score (nSPS) is 15.1. The van der Waals surface area contributed by atoms with Gasteiger partial charge in [-0.2, -0.15) is 0 Å². The third kappa shape index (κ3) is 1.71. The number of aromatic nitrogens is 1. The van der Waals surface area contributed by atoms with Crippen LogP contribution in [-0.2, 0) is 6.54 Å². The average Bonchev–Trinajstić information content (AvgIpc) is 3.10. The van der Waals surface area contributed by atoms with Crippen molar-refractivity contribution < 1.29 is 9.53 Å². The van der Waals surface area contributed by atoms with E-state index in [-0.39, 0.29) is 0 Å². The van der Waals surface area contributed by atoms with Gasteiger partial charge in [-0.15, -0.1) is 0 Å². The Labute approximate surface area is 100.0 Å². The Morgan fingerprint density at radius 2 is 2.29 bits per heavy atom. The van der Waals surface area contributed by atoms with E-state index in [1.807, 2.05) is 24.3 Å². The number of para-hydroxylation sites is 1. The topological polar surface area (TPSA) is 31.2 Å². The molecule has 0 aliphatic heterocycles. The molecular formula is C14H15NO2. The maximum atomic E-state index is 11.1. The van der Waals surface area contributed by atoms with Crippen LogP contribution in [0.2, 0.25) is 0 Å². The smallest absolute Gasteiger partial charge is 0.166 e. The molecule has 1 saturated carbocycles. The zero-order valence-electron chi connectivity index (χ0n) is 9.85. The van der Waals surface area contributed by atoms with Gasteiger partial charge in [-0.1, -0.05) is 12.1 Å². The monoisotopic (exact) mass is 229 g/mol. The van der Waals surface area contributed by atoms with Crippen molar-refractivity contribution in [3.05, 3.63) is 30.0 Å². The van der Waals surface area contributed by atoms with Crippen molar-refractivity contribution in [1.29, 1.82) is 0 Å². The van der Waals surface area contributed by atoms with Crippen LogP contribution in [0.5, 0.6) is 5.75 Å². The van der Waals surface area contributed by atoms with E-state index in [0.717, 1.165) is 41.1 Å². The van der Waals surface area contributed by atoms with Crippen molar-refractivity contribution >= 4 is 17.2 Å². The summed E-state index contributed by atoms with van der Waals surface area (Å²) in [7, 11) is 1.67. The molecule has 0 bridgehead atoms. The van der Waals surface area contributed by atoms with Gasteiger partial charge in [0.25, 0.3) is 0 Å². The molecule has 2 aromatic rings. The SMILES string of the molecule is COc1cccc2cc(C=O)n(CC3CC3)c12. The fourth-order valence-corrected chi connectivity index (χ4v) is 2.33. The maximum absolute atomic E-state index is 11.1. The number of ether oxygens (including phenoxy) is 1. The van der Waals surface area contributed by atoms with E-state index in [1.54, 1.807) is 7.11 Å². The average molecular weight is 229 g/mol. The van der Waals surface area contributed by atoms with Crippen LogP contribution in [0.15, 0.2) is 24.3 Å². The number of hydrogen-bond acceptors (Lipinski definition) is 2. The highest BCUT2D eigenvalue weighted by Crippen LogP contribution is 2.35. The summed E-state index contributed by atoms with van der Waals surface area (Å²) in [6, 6.07) is 7.86. The van der Waals surface area contributed by atoms with Gasteiger partial charge >= 0.3 is 0 Å². The first-order valence-electron chi connectivity index (χ1n) is 5.95. The van der Waals surface area contributed by atoms with Crippen LogP contribution in [0, 0.1) is 5.92 Å². The predicted molar refractivity (Wildman–Crippen MR) is 66.6 cm³/mol. The van der Waals surface area contributed by atoms with Crippen LogP contribution in [0.25, 0.3) is 10.9 Å². The van der Waals surface area contributed by atoms with Gasteiger partial charge in [0.2, 0.25) is 0 Å². The first-order chi connectivity index (χ1) is 8.33. The zero-order valence-corrected chi connectivity index (χ0v) is 9.85. The van der Waals surface area contributed by atoms with Crippen molar-refractivity contribution in [3.63, 3.8) is 0 Å². The molecule has 0 radical (unpaired) electrons. The Morgan fingerprint density at radius 1 is 1.47 bits per heavy atom. The Kier molecular flexibility index (Phi) is 2.39. The summed E-state index contributed by atoms with van der Waals surface area (Å²) in [6.45, 7) is 0.929. The van der Waals surface area contributed by atoms with E-state index in [4.69, 9.17) is 4.74 Å². The largest absolute Gasteiger partial charge is 0.495 e. The second-order valence-corrected chi connectivity index (χ2v) is 4.64. The number of carbonyl (C=O) groups excluding carboxylic acids is 1. The van der Waals surface area contributed by atoms with Gasteiger partial charge in [0, 0.05) is 11.9 Å². The second kappa shape index (κ2) is 3.91. The van der Waals surface area contributed by atoms with Gasteiger partial charge in [-0.25, -0.2) is 0 Å². The first-order valence-corrected chi connectivity index (χ1v) is 5.95. The molecule has 3 heteroatoms. The quantitative estimate of drug-likeness (QED) is 0.755. The molecule has 1 aliphatic carbocycles. The lowest BCUT2D eigenvalue weighted by atomic mass is 10.2. The van der Waals surface area contributed by atoms with E-state index < -0.39 is 0 Å². The first kappa shape index (κ1) is 10.4. The van der Waals surface area contributed by atoms with Crippen molar-refractivity contribution in [2.45, 2.75) is 19.4 Å². The summed E-state index contributed by atoms with van der Waals surface area (Å²) in [6.07, 6.45) is 3.47. The molecule has 1 heterocycles. The summed E-state index contributed by atoms with van der Waals surface area (Å²) >= 11 is 0. The van der Waals surface area contributed by atoms with E-state index in [9.17, 15) is 4.79 Å². The van der Waals surface area contributed by atoms with Crippen LogP contribution in [0.3, 0.4) is 0 Å². The number of benzene rings is 1. The van der Waals surface area contributed by atoms with Crippen LogP contribution in [-0.4, -0.2) is 18.0 Å². The molecular weight excluding hydrogens is 214 g/mol. The minimum atomic E-state index is 0.731. The van der Waals surface area contributed by atoms with Gasteiger partial charge in [-0.3, -0.25) is 4.79 Å². The third-order valence-corrected chi connectivity index (χ3v) is 3.39. The van der Waals surface area contributed by atoms with E-state index >= 15 is 0 Å². The summed E-state index contributed by atoms with van der Waals surface area (Å²) in [4.78, 5) is 11.1. The Balaban J connectivity index is 2.22. The Morgan fingerprint density at radius 3 is 2.94 bits per heavy atom. The second-order valence-electron chi connectivity index (χ2n) is 4.64.